The van der Waals surface area contributed by atoms with Gasteiger partial charge in [-0.1, -0.05) is 24.3 Å². The third kappa shape index (κ3) is 5.04. The summed E-state index contributed by atoms with van der Waals surface area (Å²) in [6.45, 7) is 3.30. The summed E-state index contributed by atoms with van der Waals surface area (Å²) < 4.78 is 5.49. The lowest BCUT2D eigenvalue weighted by atomic mass is 9.97. The van der Waals surface area contributed by atoms with Gasteiger partial charge in [-0.25, -0.2) is 0 Å². The lowest BCUT2D eigenvalue weighted by Gasteiger charge is -2.35. The third-order valence-electron chi connectivity index (χ3n) is 5.71. The normalized spacial score (nSPS) is 20.1. The van der Waals surface area contributed by atoms with Gasteiger partial charge < -0.3 is 15.4 Å². The summed E-state index contributed by atoms with van der Waals surface area (Å²) in [6.07, 6.45) is 2.96. The Kier molecular flexibility index (Phi) is 6.59. The zero-order chi connectivity index (χ0) is 20.1. The minimum atomic E-state index is -0.589. The molecule has 2 amide bonds. The van der Waals surface area contributed by atoms with Crippen LogP contribution in [0.5, 0.6) is 0 Å². The predicted octanol–water partition coefficient (Wildman–Crippen LogP) is 2.26. The third-order valence-corrected chi connectivity index (χ3v) is 6.41. The molecule has 154 valence electrons. The zero-order valence-corrected chi connectivity index (χ0v) is 17.2. The van der Waals surface area contributed by atoms with E-state index in [0.717, 1.165) is 39.0 Å². The van der Waals surface area contributed by atoms with Crippen molar-refractivity contribution in [2.75, 3.05) is 26.2 Å². The Balaban J connectivity index is 1.35. The van der Waals surface area contributed by atoms with E-state index in [0.29, 0.717) is 13.1 Å². The first-order chi connectivity index (χ1) is 14.2. The van der Waals surface area contributed by atoms with Crippen LogP contribution in [-0.4, -0.2) is 49.1 Å². The summed E-state index contributed by atoms with van der Waals surface area (Å²) in [4.78, 5) is 26.9. The van der Waals surface area contributed by atoms with Gasteiger partial charge in [0.15, 0.2) is 0 Å². The van der Waals surface area contributed by atoms with Gasteiger partial charge in [-0.3, -0.25) is 14.5 Å². The number of amides is 2. The van der Waals surface area contributed by atoms with E-state index < -0.39 is 11.8 Å². The first kappa shape index (κ1) is 20.1. The van der Waals surface area contributed by atoms with Crippen molar-refractivity contribution < 1.29 is 14.3 Å². The fraction of sp³-hybridized carbons (Fsp3) is 0.455. The van der Waals surface area contributed by atoms with Crippen molar-refractivity contribution >= 4 is 23.2 Å². The zero-order valence-electron chi connectivity index (χ0n) is 16.4. The number of carbonyl (C=O) groups excluding carboxylic acids is 2. The van der Waals surface area contributed by atoms with Gasteiger partial charge in [0.1, 0.15) is 0 Å². The monoisotopic (exact) mass is 413 g/mol. The minimum absolute atomic E-state index is 0.0266. The van der Waals surface area contributed by atoms with E-state index in [-0.39, 0.29) is 12.1 Å². The van der Waals surface area contributed by atoms with Gasteiger partial charge >= 0.3 is 11.8 Å². The molecule has 1 saturated heterocycles. The van der Waals surface area contributed by atoms with E-state index in [2.05, 4.69) is 56.6 Å². The molecule has 2 unspecified atom stereocenters. The van der Waals surface area contributed by atoms with Gasteiger partial charge in [0, 0.05) is 32.8 Å². The number of carbonyl (C=O) groups is 2. The number of ether oxygens (including phenoxy) is 1. The molecule has 29 heavy (non-hydrogen) atoms. The van der Waals surface area contributed by atoms with Gasteiger partial charge in [0.05, 0.1) is 12.1 Å². The molecule has 2 aliphatic heterocycles. The van der Waals surface area contributed by atoms with Crippen molar-refractivity contribution in [1.29, 1.82) is 0 Å². The second kappa shape index (κ2) is 9.52. The quantitative estimate of drug-likeness (QED) is 0.713. The minimum Gasteiger partial charge on any atom is -0.376 e. The standard InChI is InChI=1S/C22H27N3O3S/c26-21(23-12-19-6-3-10-28-19)22(27)24-13-20(18-8-11-29-15-18)25-9-7-16-4-1-2-5-17(16)14-25/h1-2,4-5,8,11,15,19-20H,3,6-7,9-10,12-14H2,(H,23,26)(H,24,27). The van der Waals surface area contributed by atoms with E-state index in [1.54, 1.807) is 11.3 Å². The smallest absolute Gasteiger partial charge is 0.309 e. The van der Waals surface area contributed by atoms with Gasteiger partial charge in [0.25, 0.3) is 0 Å². The van der Waals surface area contributed by atoms with Gasteiger partial charge in [-0.05, 0) is 52.8 Å². The highest BCUT2D eigenvalue weighted by atomic mass is 32.1. The highest BCUT2D eigenvalue weighted by molar-refractivity contribution is 7.08. The molecule has 0 spiro atoms. The SMILES string of the molecule is O=C(NCC1CCCO1)C(=O)NCC(c1ccsc1)N1CCc2ccccc2C1. The molecule has 1 fully saturated rings. The second-order valence-corrected chi connectivity index (χ2v) is 8.40. The fourth-order valence-corrected chi connectivity index (χ4v) is 4.77. The summed E-state index contributed by atoms with van der Waals surface area (Å²) in [5.41, 5.74) is 3.90. The lowest BCUT2D eigenvalue weighted by molar-refractivity contribution is -0.139. The Morgan fingerprint density at radius 3 is 2.76 bits per heavy atom. The summed E-state index contributed by atoms with van der Waals surface area (Å²) in [5, 5.41) is 9.70. The number of hydrogen-bond donors (Lipinski definition) is 2. The number of hydrogen-bond acceptors (Lipinski definition) is 5. The van der Waals surface area contributed by atoms with Crippen molar-refractivity contribution in [3.63, 3.8) is 0 Å². The number of fused-ring (bicyclic) bond motifs is 1. The van der Waals surface area contributed by atoms with E-state index in [4.69, 9.17) is 4.74 Å². The number of thiophene rings is 1. The molecule has 0 bridgehead atoms. The largest absolute Gasteiger partial charge is 0.376 e. The van der Waals surface area contributed by atoms with Gasteiger partial charge in [-0.2, -0.15) is 11.3 Å². The average Bonchev–Trinajstić information content (AvgIpc) is 3.46. The molecule has 6 nitrogen and oxygen atoms in total. The Bertz CT molecular complexity index is 834. The molecule has 3 heterocycles. The molecular formula is C22H27N3O3S. The van der Waals surface area contributed by atoms with Crippen LogP contribution in [0, 0.1) is 0 Å². The fourth-order valence-electron chi connectivity index (χ4n) is 4.07. The molecular weight excluding hydrogens is 386 g/mol. The second-order valence-electron chi connectivity index (χ2n) is 7.62. The first-order valence-corrected chi connectivity index (χ1v) is 11.2. The molecule has 7 heteroatoms. The Morgan fingerprint density at radius 1 is 1.17 bits per heavy atom. The molecule has 2 aromatic rings. The Hall–Kier alpha value is -2.22. The molecule has 2 aliphatic rings. The summed E-state index contributed by atoms with van der Waals surface area (Å²) in [5.74, 6) is -1.17. The van der Waals surface area contributed by atoms with E-state index >= 15 is 0 Å². The summed E-state index contributed by atoms with van der Waals surface area (Å²) in [6, 6.07) is 10.7. The summed E-state index contributed by atoms with van der Waals surface area (Å²) >= 11 is 1.65. The van der Waals surface area contributed by atoms with Crippen LogP contribution < -0.4 is 10.6 Å². The van der Waals surface area contributed by atoms with Crippen molar-refractivity contribution in [1.82, 2.24) is 15.5 Å². The van der Waals surface area contributed by atoms with E-state index in [9.17, 15) is 9.59 Å². The van der Waals surface area contributed by atoms with Crippen molar-refractivity contribution in [2.24, 2.45) is 0 Å². The van der Waals surface area contributed by atoms with Crippen LogP contribution in [0.3, 0.4) is 0 Å². The van der Waals surface area contributed by atoms with Crippen molar-refractivity contribution in [2.45, 2.75) is 38.0 Å². The Morgan fingerprint density at radius 2 is 2.00 bits per heavy atom. The molecule has 0 aliphatic carbocycles. The van der Waals surface area contributed by atoms with Gasteiger partial charge in [0.2, 0.25) is 0 Å². The number of nitrogens with zero attached hydrogens (tertiary/aromatic N) is 1. The molecule has 2 atom stereocenters. The van der Waals surface area contributed by atoms with Crippen LogP contribution >= 0.6 is 11.3 Å². The molecule has 2 N–H and O–H groups in total. The highest BCUT2D eigenvalue weighted by Crippen LogP contribution is 2.28. The topological polar surface area (TPSA) is 70.7 Å². The highest BCUT2D eigenvalue weighted by Gasteiger charge is 2.26. The lowest BCUT2D eigenvalue weighted by Crippen LogP contribution is -2.46. The number of nitrogens with one attached hydrogen (secondary N) is 2. The first-order valence-electron chi connectivity index (χ1n) is 10.2. The molecule has 0 saturated carbocycles. The molecule has 0 radical (unpaired) electrons. The van der Waals surface area contributed by atoms with Crippen molar-refractivity contribution in [3.05, 3.63) is 57.8 Å². The van der Waals surface area contributed by atoms with Crippen molar-refractivity contribution in [3.8, 4) is 0 Å². The maximum Gasteiger partial charge on any atom is 0.309 e. The van der Waals surface area contributed by atoms with Crippen LogP contribution in [-0.2, 0) is 27.3 Å². The molecule has 1 aromatic heterocycles. The predicted molar refractivity (Wildman–Crippen MR) is 113 cm³/mol. The maximum absolute atomic E-state index is 12.3. The van der Waals surface area contributed by atoms with Crippen LogP contribution in [0.15, 0.2) is 41.1 Å². The maximum atomic E-state index is 12.3. The van der Waals surface area contributed by atoms with Crippen LogP contribution in [0.2, 0.25) is 0 Å². The molecule has 4 rings (SSSR count). The number of rotatable bonds is 6. The average molecular weight is 414 g/mol. The van der Waals surface area contributed by atoms with Gasteiger partial charge in [-0.15, -0.1) is 0 Å². The van der Waals surface area contributed by atoms with Crippen LogP contribution in [0.25, 0.3) is 0 Å². The van der Waals surface area contributed by atoms with Crippen LogP contribution in [0.1, 0.15) is 35.6 Å². The Labute approximate surface area is 175 Å². The van der Waals surface area contributed by atoms with E-state index in [1.165, 1.54) is 16.7 Å². The van der Waals surface area contributed by atoms with Crippen LogP contribution in [0.4, 0.5) is 0 Å². The van der Waals surface area contributed by atoms with E-state index in [1.807, 2.05) is 0 Å². The molecule has 1 aromatic carbocycles. The summed E-state index contributed by atoms with van der Waals surface area (Å²) in [7, 11) is 0. The number of benzene rings is 1.